The summed E-state index contributed by atoms with van der Waals surface area (Å²) < 4.78 is 0. The van der Waals surface area contributed by atoms with Crippen molar-refractivity contribution in [3.63, 3.8) is 0 Å². The number of carbonyl (C=O) groups is 1. The predicted octanol–water partition coefficient (Wildman–Crippen LogP) is 2.93. The molecular weight excluding hydrogens is 286 g/mol. The maximum atomic E-state index is 12.4. The van der Waals surface area contributed by atoms with Crippen molar-refractivity contribution in [2.75, 3.05) is 13.1 Å². The average molecular weight is 305 g/mol. The summed E-state index contributed by atoms with van der Waals surface area (Å²) in [6.07, 6.45) is 0.990. The maximum absolute atomic E-state index is 12.4. The summed E-state index contributed by atoms with van der Waals surface area (Å²) in [5.41, 5.74) is 3.93. The molecule has 0 unspecified atom stereocenters. The number of aromatic amines is 1. The Hall–Kier alpha value is -2.59. The zero-order valence-electron chi connectivity index (χ0n) is 12.8. The van der Waals surface area contributed by atoms with Crippen LogP contribution >= 0.6 is 0 Å². The first-order valence-corrected chi connectivity index (χ1v) is 7.99. The van der Waals surface area contributed by atoms with Crippen molar-refractivity contribution in [2.24, 2.45) is 0 Å². The molecule has 4 heteroatoms. The number of H-pyrrole nitrogens is 1. The maximum Gasteiger partial charge on any atom is 0.267 e. The van der Waals surface area contributed by atoms with E-state index >= 15 is 0 Å². The SMILES string of the molecule is O=C(N[C@@H]1CCNC1)c1cc2ccc(-c3ccccc3)cc2[nH]1. The van der Waals surface area contributed by atoms with E-state index in [9.17, 15) is 4.79 Å². The lowest BCUT2D eigenvalue weighted by Gasteiger charge is -2.09. The minimum atomic E-state index is -0.0313. The molecule has 2 aromatic carbocycles. The Morgan fingerprint density at radius 3 is 2.70 bits per heavy atom. The topological polar surface area (TPSA) is 56.9 Å². The van der Waals surface area contributed by atoms with E-state index < -0.39 is 0 Å². The number of aromatic nitrogens is 1. The van der Waals surface area contributed by atoms with E-state index in [2.05, 4.69) is 45.9 Å². The molecule has 1 amide bonds. The molecular formula is C19H19N3O. The summed E-state index contributed by atoms with van der Waals surface area (Å²) in [5.74, 6) is -0.0313. The largest absolute Gasteiger partial charge is 0.351 e. The third-order valence-electron chi connectivity index (χ3n) is 4.37. The number of hydrogen-bond donors (Lipinski definition) is 3. The molecule has 116 valence electrons. The third kappa shape index (κ3) is 2.85. The van der Waals surface area contributed by atoms with E-state index in [0.29, 0.717) is 5.69 Å². The van der Waals surface area contributed by atoms with Gasteiger partial charge in [0, 0.05) is 23.5 Å². The second-order valence-electron chi connectivity index (χ2n) is 6.01. The van der Waals surface area contributed by atoms with Gasteiger partial charge in [-0.05, 0) is 36.2 Å². The standard InChI is InChI=1S/C19H19N3O/c23-19(21-16-8-9-20-12-16)18-11-15-7-6-14(10-17(15)22-18)13-4-2-1-3-5-13/h1-7,10-11,16,20,22H,8-9,12H2,(H,21,23)/t16-/m1/s1. The summed E-state index contributed by atoms with van der Waals surface area (Å²) in [5, 5.41) is 7.38. The minimum Gasteiger partial charge on any atom is -0.351 e. The van der Waals surface area contributed by atoms with E-state index in [1.54, 1.807) is 0 Å². The summed E-state index contributed by atoms with van der Waals surface area (Å²) in [6.45, 7) is 1.82. The highest BCUT2D eigenvalue weighted by Crippen LogP contribution is 2.24. The number of nitrogens with one attached hydrogen (secondary N) is 3. The molecule has 0 radical (unpaired) electrons. The van der Waals surface area contributed by atoms with Crippen LogP contribution in [0.2, 0.25) is 0 Å². The van der Waals surface area contributed by atoms with Crippen LogP contribution in [0.25, 0.3) is 22.0 Å². The van der Waals surface area contributed by atoms with E-state index in [0.717, 1.165) is 36.0 Å². The molecule has 0 spiro atoms. The number of rotatable bonds is 3. The van der Waals surface area contributed by atoms with Gasteiger partial charge in [0.1, 0.15) is 5.69 Å². The second kappa shape index (κ2) is 5.89. The first-order valence-electron chi connectivity index (χ1n) is 7.99. The molecule has 1 aromatic heterocycles. The van der Waals surface area contributed by atoms with Crippen LogP contribution in [-0.2, 0) is 0 Å². The Balaban J connectivity index is 1.61. The summed E-state index contributed by atoms with van der Waals surface area (Å²) in [7, 11) is 0. The second-order valence-corrected chi connectivity index (χ2v) is 6.01. The van der Waals surface area contributed by atoms with Crippen LogP contribution in [0.1, 0.15) is 16.9 Å². The number of carbonyl (C=O) groups excluding carboxylic acids is 1. The Morgan fingerprint density at radius 1 is 1.04 bits per heavy atom. The molecule has 3 N–H and O–H groups in total. The molecule has 1 fully saturated rings. The zero-order chi connectivity index (χ0) is 15.6. The van der Waals surface area contributed by atoms with Crippen LogP contribution in [0.5, 0.6) is 0 Å². The van der Waals surface area contributed by atoms with Crippen LogP contribution in [0.4, 0.5) is 0 Å². The van der Waals surface area contributed by atoms with Crippen LogP contribution in [0, 0.1) is 0 Å². The predicted molar refractivity (Wildman–Crippen MR) is 92.5 cm³/mol. The fraction of sp³-hybridized carbons (Fsp3) is 0.211. The molecule has 0 aliphatic carbocycles. The van der Waals surface area contributed by atoms with E-state index in [-0.39, 0.29) is 11.9 Å². The molecule has 1 saturated heterocycles. The fourth-order valence-electron chi connectivity index (χ4n) is 3.10. The number of benzene rings is 2. The lowest BCUT2D eigenvalue weighted by atomic mass is 10.0. The lowest BCUT2D eigenvalue weighted by molar-refractivity contribution is 0.0936. The fourth-order valence-corrected chi connectivity index (χ4v) is 3.10. The van der Waals surface area contributed by atoms with Crippen molar-refractivity contribution in [1.29, 1.82) is 0 Å². The molecule has 1 aliphatic heterocycles. The quantitative estimate of drug-likeness (QED) is 0.697. The van der Waals surface area contributed by atoms with Crippen molar-refractivity contribution in [1.82, 2.24) is 15.6 Å². The van der Waals surface area contributed by atoms with Gasteiger partial charge in [-0.2, -0.15) is 0 Å². The normalized spacial score (nSPS) is 17.5. The molecule has 2 heterocycles. The zero-order valence-corrected chi connectivity index (χ0v) is 12.8. The van der Waals surface area contributed by atoms with Crippen LogP contribution < -0.4 is 10.6 Å². The van der Waals surface area contributed by atoms with Gasteiger partial charge < -0.3 is 15.6 Å². The number of fused-ring (bicyclic) bond motifs is 1. The van der Waals surface area contributed by atoms with Gasteiger partial charge >= 0.3 is 0 Å². The monoisotopic (exact) mass is 305 g/mol. The molecule has 23 heavy (non-hydrogen) atoms. The third-order valence-corrected chi connectivity index (χ3v) is 4.37. The average Bonchev–Trinajstić information content (AvgIpc) is 3.24. The van der Waals surface area contributed by atoms with Crippen molar-refractivity contribution < 1.29 is 4.79 Å². The van der Waals surface area contributed by atoms with Crippen molar-refractivity contribution in [3.8, 4) is 11.1 Å². The number of hydrogen-bond acceptors (Lipinski definition) is 2. The van der Waals surface area contributed by atoms with Gasteiger partial charge in [-0.25, -0.2) is 0 Å². The summed E-state index contributed by atoms with van der Waals surface area (Å²) >= 11 is 0. The first-order chi connectivity index (χ1) is 11.3. The molecule has 4 nitrogen and oxygen atoms in total. The lowest BCUT2D eigenvalue weighted by Crippen LogP contribution is -2.36. The van der Waals surface area contributed by atoms with Crippen molar-refractivity contribution in [2.45, 2.75) is 12.5 Å². The highest BCUT2D eigenvalue weighted by molar-refractivity contribution is 5.99. The summed E-state index contributed by atoms with van der Waals surface area (Å²) in [4.78, 5) is 15.6. The van der Waals surface area contributed by atoms with Gasteiger partial charge in [-0.1, -0.05) is 42.5 Å². The molecule has 1 aliphatic rings. The van der Waals surface area contributed by atoms with Crippen LogP contribution in [0.3, 0.4) is 0 Å². The number of amides is 1. The van der Waals surface area contributed by atoms with Gasteiger partial charge in [0.25, 0.3) is 5.91 Å². The molecule has 4 rings (SSSR count). The van der Waals surface area contributed by atoms with Gasteiger partial charge in [0.2, 0.25) is 0 Å². The Bertz CT molecular complexity index is 832. The smallest absolute Gasteiger partial charge is 0.267 e. The highest BCUT2D eigenvalue weighted by atomic mass is 16.1. The van der Waals surface area contributed by atoms with Gasteiger partial charge in [-0.15, -0.1) is 0 Å². The molecule has 3 aromatic rings. The van der Waals surface area contributed by atoms with E-state index in [4.69, 9.17) is 0 Å². The van der Waals surface area contributed by atoms with Gasteiger partial charge in [0.15, 0.2) is 0 Å². The van der Waals surface area contributed by atoms with Gasteiger partial charge in [-0.3, -0.25) is 4.79 Å². The van der Waals surface area contributed by atoms with Crippen LogP contribution in [-0.4, -0.2) is 30.0 Å². The van der Waals surface area contributed by atoms with E-state index in [1.807, 2.05) is 24.3 Å². The summed E-state index contributed by atoms with van der Waals surface area (Å²) in [6, 6.07) is 18.6. The first kappa shape index (κ1) is 14.0. The Kier molecular flexibility index (Phi) is 3.60. The molecule has 0 saturated carbocycles. The Labute approximate surface area is 134 Å². The van der Waals surface area contributed by atoms with Crippen LogP contribution in [0.15, 0.2) is 54.6 Å². The molecule has 1 atom stereocenters. The van der Waals surface area contributed by atoms with Crippen molar-refractivity contribution >= 4 is 16.8 Å². The minimum absolute atomic E-state index is 0.0313. The van der Waals surface area contributed by atoms with E-state index in [1.165, 1.54) is 5.56 Å². The highest BCUT2D eigenvalue weighted by Gasteiger charge is 2.18. The molecule has 0 bridgehead atoms. The van der Waals surface area contributed by atoms with Crippen molar-refractivity contribution in [3.05, 3.63) is 60.3 Å². The van der Waals surface area contributed by atoms with Gasteiger partial charge in [0.05, 0.1) is 0 Å². The Morgan fingerprint density at radius 2 is 1.91 bits per heavy atom.